The zero-order valence-corrected chi connectivity index (χ0v) is 10.1. The highest BCUT2D eigenvalue weighted by atomic mass is 32.1. The first-order valence-corrected chi connectivity index (χ1v) is 5.76. The molecule has 0 aliphatic carbocycles. The molecule has 0 aliphatic heterocycles. The maximum atomic E-state index is 11.3. The van der Waals surface area contributed by atoms with Crippen molar-refractivity contribution in [2.24, 2.45) is 0 Å². The van der Waals surface area contributed by atoms with Crippen LogP contribution in [0.15, 0.2) is 15.9 Å². The molecule has 0 fully saturated rings. The summed E-state index contributed by atoms with van der Waals surface area (Å²) >= 11 is 1.39. The predicted octanol–water partition coefficient (Wildman–Crippen LogP) is 1.98. The van der Waals surface area contributed by atoms with Gasteiger partial charge < -0.3 is 13.9 Å². The van der Waals surface area contributed by atoms with E-state index >= 15 is 0 Å². The van der Waals surface area contributed by atoms with Crippen molar-refractivity contribution in [2.45, 2.75) is 6.92 Å². The van der Waals surface area contributed by atoms with Crippen LogP contribution < -0.4 is 4.74 Å². The minimum atomic E-state index is -0.623. The van der Waals surface area contributed by atoms with Crippen LogP contribution >= 0.6 is 11.3 Å². The summed E-state index contributed by atoms with van der Waals surface area (Å²) in [6.07, 6.45) is 0. The van der Waals surface area contributed by atoms with Crippen LogP contribution in [0.1, 0.15) is 17.6 Å². The molecule has 0 saturated heterocycles. The predicted molar refractivity (Wildman–Crippen MR) is 60.1 cm³/mol. The monoisotopic (exact) mass is 254 g/mol. The first kappa shape index (κ1) is 11.6. The van der Waals surface area contributed by atoms with Crippen molar-refractivity contribution in [1.29, 1.82) is 0 Å². The molecule has 0 bridgehead atoms. The van der Waals surface area contributed by atoms with Crippen LogP contribution in [0.3, 0.4) is 0 Å². The van der Waals surface area contributed by atoms with E-state index in [0.717, 1.165) is 0 Å². The van der Waals surface area contributed by atoms with E-state index in [0.29, 0.717) is 10.6 Å². The van der Waals surface area contributed by atoms with E-state index in [1.165, 1.54) is 11.3 Å². The molecule has 0 radical (unpaired) electrons. The van der Waals surface area contributed by atoms with Gasteiger partial charge in [0.2, 0.25) is 0 Å². The molecular weight excluding hydrogens is 244 g/mol. The van der Waals surface area contributed by atoms with Crippen LogP contribution in [0.25, 0.3) is 10.8 Å². The number of hydrogen-bond donors (Lipinski definition) is 0. The number of esters is 1. The molecule has 2 aromatic heterocycles. The minimum absolute atomic E-state index is 0.155. The number of methoxy groups -OCH3 is 1. The minimum Gasteiger partial charge on any atom is -0.495 e. The van der Waals surface area contributed by atoms with E-state index in [9.17, 15) is 4.79 Å². The third-order valence-electron chi connectivity index (χ3n) is 1.92. The fourth-order valence-electron chi connectivity index (χ4n) is 1.20. The largest absolute Gasteiger partial charge is 0.495 e. The molecule has 0 aliphatic rings. The Morgan fingerprint density at radius 2 is 2.35 bits per heavy atom. The lowest BCUT2D eigenvalue weighted by Gasteiger charge is -1.96. The fourth-order valence-corrected chi connectivity index (χ4v) is 1.98. The summed E-state index contributed by atoms with van der Waals surface area (Å²) in [6, 6.07) is 1.79. The number of rotatable bonds is 4. The van der Waals surface area contributed by atoms with Crippen molar-refractivity contribution >= 4 is 17.3 Å². The Morgan fingerprint density at radius 1 is 1.53 bits per heavy atom. The van der Waals surface area contributed by atoms with Gasteiger partial charge in [-0.3, -0.25) is 0 Å². The summed E-state index contributed by atoms with van der Waals surface area (Å²) in [5, 5.41) is 9.25. The molecule has 6 nitrogen and oxygen atoms in total. The zero-order valence-electron chi connectivity index (χ0n) is 9.30. The molecule has 0 aromatic carbocycles. The van der Waals surface area contributed by atoms with Gasteiger partial charge in [0.25, 0.3) is 5.89 Å². The second-order valence-corrected chi connectivity index (χ2v) is 3.87. The lowest BCUT2D eigenvalue weighted by atomic mass is 10.4. The maximum Gasteiger partial charge on any atom is 0.396 e. The molecule has 90 valence electrons. The first-order chi connectivity index (χ1) is 8.26. The van der Waals surface area contributed by atoms with Gasteiger partial charge in [0.05, 0.1) is 13.7 Å². The highest BCUT2D eigenvalue weighted by Gasteiger charge is 2.19. The van der Waals surface area contributed by atoms with E-state index in [1.807, 2.05) is 5.38 Å². The molecule has 2 aromatic rings. The van der Waals surface area contributed by atoms with Gasteiger partial charge >= 0.3 is 11.9 Å². The van der Waals surface area contributed by atoms with Crippen molar-refractivity contribution in [3.63, 3.8) is 0 Å². The van der Waals surface area contributed by atoms with Gasteiger partial charge in [0, 0.05) is 0 Å². The number of hydrogen-bond acceptors (Lipinski definition) is 7. The van der Waals surface area contributed by atoms with Gasteiger partial charge in [-0.2, -0.15) is 0 Å². The maximum absolute atomic E-state index is 11.3. The Balaban J connectivity index is 2.27. The normalized spacial score (nSPS) is 10.2. The van der Waals surface area contributed by atoms with Crippen LogP contribution in [-0.4, -0.2) is 29.9 Å². The number of ether oxygens (including phenoxy) is 2. The van der Waals surface area contributed by atoms with Crippen LogP contribution in [0.4, 0.5) is 0 Å². The first-order valence-electron chi connectivity index (χ1n) is 4.88. The molecule has 0 amide bonds. The van der Waals surface area contributed by atoms with E-state index in [1.54, 1.807) is 20.1 Å². The van der Waals surface area contributed by atoms with Crippen molar-refractivity contribution in [2.75, 3.05) is 13.7 Å². The van der Waals surface area contributed by atoms with Crippen LogP contribution in [-0.2, 0) is 4.74 Å². The standard InChI is InChI=1S/C10H10N2O4S/c1-3-15-10(13)9-12-11-8(16-9)7-6(14-2)4-5-17-7/h4-5H,3H2,1-2H3. The average molecular weight is 254 g/mol. The number of aromatic nitrogens is 2. The van der Waals surface area contributed by atoms with Gasteiger partial charge in [-0.1, -0.05) is 0 Å². The van der Waals surface area contributed by atoms with Crippen molar-refractivity contribution in [1.82, 2.24) is 10.2 Å². The second-order valence-electron chi connectivity index (χ2n) is 2.95. The van der Waals surface area contributed by atoms with Crippen molar-refractivity contribution in [3.05, 3.63) is 17.3 Å². The van der Waals surface area contributed by atoms with Crippen LogP contribution in [0, 0.1) is 0 Å². The molecule has 0 unspecified atom stereocenters. The lowest BCUT2D eigenvalue weighted by molar-refractivity contribution is 0.0481. The van der Waals surface area contributed by atoms with Gasteiger partial charge in [-0.15, -0.1) is 21.5 Å². The summed E-state index contributed by atoms with van der Waals surface area (Å²) in [4.78, 5) is 12.0. The van der Waals surface area contributed by atoms with Crippen molar-refractivity contribution in [3.8, 4) is 16.5 Å². The number of thiophene rings is 1. The van der Waals surface area contributed by atoms with E-state index in [-0.39, 0.29) is 18.4 Å². The Labute approximate surface area is 101 Å². The number of carbonyl (C=O) groups is 1. The Bertz CT molecular complexity index is 520. The molecule has 0 spiro atoms. The second kappa shape index (κ2) is 4.96. The molecule has 0 saturated carbocycles. The molecule has 2 heterocycles. The summed E-state index contributed by atoms with van der Waals surface area (Å²) in [6.45, 7) is 1.97. The highest BCUT2D eigenvalue weighted by molar-refractivity contribution is 7.13. The van der Waals surface area contributed by atoms with Crippen LogP contribution in [0.5, 0.6) is 5.75 Å². The van der Waals surface area contributed by atoms with E-state index < -0.39 is 5.97 Å². The van der Waals surface area contributed by atoms with E-state index in [2.05, 4.69) is 10.2 Å². The molecule has 0 atom stereocenters. The number of nitrogens with zero attached hydrogens (tertiary/aromatic N) is 2. The summed E-state index contributed by atoms with van der Waals surface area (Å²) in [5.41, 5.74) is 0. The van der Waals surface area contributed by atoms with Gasteiger partial charge in [0.15, 0.2) is 0 Å². The third-order valence-corrected chi connectivity index (χ3v) is 2.80. The molecule has 17 heavy (non-hydrogen) atoms. The molecule has 2 rings (SSSR count). The van der Waals surface area contributed by atoms with Crippen molar-refractivity contribution < 1.29 is 18.7 Å². The molecular formula is C10H10N2O4S. The highest BCUT2D eigenvalue weighted by Crippen LogP contribution is 2.34. The molecule has 0 N–H and O–H groups in total. The third kappa shape index (κ3) is 2.28. The number of carbonyl (C=O) groups excluding carboxylic acids is 1. The topological polar surface area (TPSA) is 74.5 Å². The van der Waals surface area contributed by atoms with E-state index in [4.69, 9.17) is 13.9 Å². The average Bonchev–Trinajstić information content (AvgIpc) is 2.97. The smallest absolute Gasteiger partial charge is 0.396 e. The Hall–Kier alpha value is -1.89. The van der Waals surface area contributed by atoms with Gasteiger partial charge in [-0.05, 0) is 18.4 Å². The Morgan fingerprint density at radius 3 is 3.06 bits per heavy atom. The summed E-state index contributed by atoms with van der Waals surface area (Å²) in [7, 11) is 1.55. The zero-order chi connectivity index (χ0) is 12.3. The lowest BCUT2D eigenvalue weighted by Crippen LogP contribution is -2.04. The fraction of sp³-hybridized carbons (Fsp3) is 0.300. The van der Waals surface area contributed by atoms with Gasteiger partial charge in [0.1, 0.15) is 10.6 Å². The SMILES string of the molecule is CCOC(=O)c1nnc(-c2sccc2OC)o1. The summed E-state index contributed by atoms with van der Waals surface area (Å²) in [5.74, 6) is 0.105. The molecule has 7 heteroatoms. The van der Waals surface area contributed by atoms with Gasteiger partial charge in [-0.25, -0.2) is 4.79 Å². The van der Waals surface area contributed by atoms with Crippen LogP contribution in [0.2, 0.25) is 0 Å². The Kier molecular flexibility index (Phi) is 3.38. The summed E-state index contributed by atoms with van der Waals surface area (Å²) < 4.78 is 15.1. The quantitative estimate of drug-likeness (QED) is 0.777.